The number of rotatable bonds is 3. The van der Waals surface area contributed by atoms with Crippen LogP contribution in [0, 0.1) is 11.6 Å². The molecule has 1 heterocycles. The smallest absolute Gasteiger partial charge is 0.129 e. The molecule has 1 aliphatic rings. The Hall–Kier alpha value is -1.08. The van der Waals surface area contributed by atoms with Crippen molar-refractivity contribution in [3.05, 3.63) is 35.4 Å². The number of likely N-dealkylation sites (tertiary alicyclic amines) is 1. The van der Waals surface area contributed by atoms with Crippen molar-refractivity contribution in [3.8, 4) is 0 Å². The zero-order valence-corrected chi connectivity index (χ0v) is 10.3. The van der Waals surface area contributed by atoms with Gasteiger partial charge in [0.2, 0.25) is 0 Å². The van der Waals surface area contributed by atoms with Crippen LogP contribution >= 0.6 is 0 Å². The van der Waals surface area contributed by atoms with Gasteiger partial charge in [-0.25, -0.2) is 8.78 Å². The highest BCUT2D eigenvalue weighted by atomic mass is 19.1. The second kappa shape index (κ2) is 5.92. The minimum atomic E-state index is -1.14. The molecule has 3 atom stereocenters. The normalized spacial score (nSPS) is 28.6. The van der Waals surface area contributed by atoms with Gasteiger partial charge in [-0.15, -0.1) is 0 Å². The van der Waals surface area contributed by atoms with Crippen LogP contribution in [0.2, 0.25) is 0 Å². The maximum absolute atomic E-state index is 13.4. The zero-order chi connectivity index (χ0) is 14.0. The van der Waals surface area contributed by atoms with E-state index in [1.807, 2.05) is 0 Å². The monoisotopic (exact) mass is 273 g/mol. The highest BCUT2D eigenvalue weighted by Crippen LogP contribution is 2.14. The number of hydrogen-bond donors (Lipinski definition) is 3. The molecule has 0 saturated carbocycles. The number of piperidine rings is 1. The van der Waals surface area contributed by atoms with Crippen LogP contribution in [-0.4, -0.2) is 58.2 Å². The van der Waals surface area contributed by atoms with Crippen molar-refractivity contribution in [3.63, 3.8) is 0 Å². The quantitative estimate of drug-likeness (QED) is 0.720. The first-order valence-electron chi connectivity index (χ1n) is 6.18. The van der Waals surface area contributed by atoms with Crippen LogP contribution in [0.3, 0.4) is 0 Å². The topological polar surface area (TPSA) is 63.9 Å². The summed E-state index contributed by atoms with van der Waals surface area (Å²) in [5.74, 6) is -1.22. The predicted octanol–water partition coefficient (Wildman–Crippen LogP) is -0.0944. The highest BCUT2D eigenvalue weighted by Gasteiger charge is 2.32. The fourth-order valence-corrected chi connectivity index (χ4v) is 2.26. The van der Waals surface area contributed by atoms with Crippen LogP contribution in [0.1, 0.15) is 5.56 Å². The summed E-state index contributed by atoms with van der Waals surface area (Å²) >= 11 is 0. The van der Waals surface area contributed by atoms with Gasteiger partial charge in [-0.3, -0.25) is 4.90 Å². The van der Waals surface area contributed by atoms with Crippen LogP contribution < -0.4 is 0 Å². The van der Waals surface area contributed by atoms with Crippen molar-refractivity contribution in [2.24, 2.45) is 0 Å². The van der Waals surface area contributed by atoms with Crippen molar-refractivity contribution in [2.75, 3.05) is 19.6 Å². The van der Waals surface area contributed by atoms with E-state index >= 15 is 0 Å². The van der Waals surface area contributed by atoms with E-state index in [1.165, 1.54) is 12.1 Å². The Morgan fingerprint density at radius 2 is 1.74 bits per heavy atom. The number of halogens is 2. The molecular formula is C13H17F2NO3. The molecule has 6 heteroatoms. The fourth-order valence-electron chi connectivity index (χ4n) is 2.26. The lowest BCUT2D eigenvalue weighted by Crippen LogP contribution is -2.55. The third kappa shape index (κ3) is 3.48. The maximum atomic E-state index is 13.4. The van der Waals surface area contributed by atoms with Gasteiger partial charge in [-0.05, 0) is 18.1 Å². The van der Waals surface area contributed by atoms with Gasteiger partial charge in [0.15, 0.2) is 0 Å². The molecule has 4 nitrogen and oxygen atoms in total. The molecule has 19 heavy (non-hydrogen) atoms. The Labute approximate surface area is 109 Å². The summed E-state index contributed by atoms with van der Waals surface area (Å²) in [4.78, 5) is 1.74. The fraction of sp³-hybridized carbons (Fsp3) is 0.538. The SMILES string of the molecule is OC1[C@H](O)CN(CCc2ccc(F)cc2F)C[C@@H]1O. The summed E-state index contributed by atoms with van der Waals surface area (Å²) in [7, 11) is 0. The van der Waals surface area contributed by atoms with Crippen LogP contribution in [0.25, 0.3) is 0 Å². The summed E-state index contributed by atoms with van der Waals surface area (Å²) in [6.07, 6.45) is -2.82. The molecule has 0 aromatic heterocycles. The average Bonchev–Trinajstić information content (AvgIpc) is 2.34. The van der Waals surface area contributed by atoms with Crippen molar-refractivity contribution in [1.29, 1.82) is 0 Å². The highest BCUT2D eigenvalue weighted by molar-refractivity contribution is 5.18. The van der Waals surface area contributed by atoms with Crippen LogP contribution in [0.15, 0.2) is 18.2 Å². The van der Waals surface area contributed by atoms with E-state index < -0.39 is 29.9 Å². The van der Waals surface area contributed by atoms with E-state index in [2.05, 4.69) is 0 Å². The van der Waals surface area contributed by atoms with Gasteiger partial charge in [0.05, 0.1) is 12.2 Å². The summed E-state index contributed by atoms with van der Waals surface area (Å²) < 4.78 is 26.2. The Morgan fingerprint density at radius 1 is 1.11 bits per heavy atom. The van der Waals surface area contributed by atoms with Gasteiger partial charge in [0.1, 0.15) is 17.7 Å². The molecule has 1 unspecified atom stereocenters. The molecule has 1 aliphatic heterocycles. The number of aliphatic hydroxyl groups is 3. The third-order valence-corrected chi connectivity index (χ3v) is 3.39. The maximum Gasteiger partial charge on any atom is 0.129 e. The lowest BCUT2D eigenvalue weighted by molar-refractivity contribution is -0.109. The molecule has 106 valence electrons. The lowest BCUT2D eigenvalue weighted by atomic mass is 10.0. The van der Waals surface area contributed by atoms with E-state index in [0.29, 0.717) is 18.5 Å². The molecule has 0 amide bonds. The van der Waals surface area contributed by atoms with Crippen LogP contribution in [0.4, 0.5) is 8.78 Å². The van der Waals surface area contributed by atoms with Gasteiger partial charge in [-0.2, -0.15) is 0 Å². The number of hydrogen-bond acceptors (Lipinski definition) is 4. The Bertz CT molecular complexity index is 432. The van der Waals surface area contributed by atoms with Gasteiger partial charge < -0.3 is 15.3 Å². The molecule has 1 saturated heterocycles. The molecule has 1 fully saturated rings. The second-order valence-electron chi connectivity index (χ2n) is 4.87. The molecule has 0 bridgehead atoms. The number of aliphatic hydroxyl groups excluding tert-OH is 3. The molecule has 0 radical (unpaired) electrons. The summed E-state index contributed by atoms with van der Waals surface area (Å²) in [5.41, 5.74) is 0.386. The molecule has 0 aliphatic carbocycles. The van der Waals surface area contributed by atoms with E-state index in [9.17, 15) is 24.1 Å². The van der Waals surface area contributed by atoms with E-state index in [0.717, 1.165) is 6.07 Å². The Kier molecular flexibility index (Phi) is 4.46. The van der Waals surface area contributed by atoms with E-state index in [1.54, 1.807) is 4.90 Å². The van der Waals surface area contributed by atoms with Gasteiger partial charge >= 0.3 is 0 Å². The molecule has 0 spiro atoms. The number of β-amino-alcohol motifs (C(OH)–C–C–N with tert-alkyl or cyclic N) is 2. The van der Waals surface area contributed by atoms with Crippen molar-refractivity contribution >= 4 is 0 Å². The predicted molar refractivity (Wildman–Crippen MR) is 64.5 cm³/mol. The van der Waals surface area contributed by atoms with Crippen LogP contribution in [0.5, 0.6) is 0 Å². The average molecular weight is 273 g/mol. The van der Waals surface area contributed by atoms with Crippen molar-refractivity contribution in [1.82, 2.24) is 4.90 Å². The van der Waals surface area contributed by atoms with E-state index in [-0.39, 0.29) is 13.1 Å². The number of benzene rings is 1. The van der Waals surface area contributed by atoms with Crippen molar-refractivity contribution < 1.29 is 24.1 Å². The zero-order valence-electron chi connectivity index (χ0n) is 10.3. The molecule has 1 aromatic carbocycles. The first-order valence-corrected chi connectivity index (χ1v) is 6.18. The molecule has 1 aromatic rings. The molecular weight excluding hydrogens is 256 g/mol. The van der Waals surface area contributed by atoms with E-state index in [4.69, 9.17) is 0 Å². The van der Waals surface area contributed by atoms with Gasteiger partial charge in [0, 0.05) is 25.7 Å². The van der Waals surface area contributed by atoms with Crippen LogP contribution in [-0.2, 0) is 6.42 Å². The lowest BCUT2D eigenvalue weighted by Gasteiger charge is -2.36. The Morgan fingerprint density at radius 3 is 2.32 bits per heavy atom. The first-order chi connectivity index (χ1) is 8.97. The van der Waals surface area contributed by atoms with Crippen molar-refractivity contribution in [2.45, 2.75) is 24.7 Å². The van der Waals surface area contributed by atoms with Gasteiger partial charge in [0.25, 0.3) is 0 Å². The molecule has 2 rings (SSSR count). The first kappa shape index (κ1) is 14.3. The largest absolute Gasteiger partial charge is 0.389 e. The Balaban J connectivity index is 1.92. The second-order valence-corrected chi connectivity index (χ2v) is 4.87. The minimum Gasteiger partial charge on any atom is -0.389 e. The standard InChI is InChI=1S/C13H17F2NO3/c14-9-2-1-8(10(15)5-9)3-4-16-6-11(17)13(19)12(18)7-16/h1-2,5,11-13,17-19H,3-4,6-7H2/t11-,12+,13?. The summed E-state index contributed by atoms with van der Waals surface area (Å²) in [6.45, 7) is 0.867. The molecule has 3 N–H and O–H groups in total. The number of nitrogens with zero attached hydrogens (tertiary/aromatic N) is 1. The minimum absolute atomic E-state index is 0.223. The summed E-state index contributed by atoms with van der Waals surface area (Å²) in [6, 6.07) is 3.41. The third-order valence-electron chi connectivity index (χ3n) is 3.39. The van der Waals surface area contributed by atoms with Gasteiger partial charge in [-0.1, -0.05) is 6.07 Å². The summed E-state index contributed by atoms with van der Waals surface area (Å²) in [5, 5.41) is 28.5.